The van der Waals surface area contributed by atoms with E-state index in [0.717, 1.165) is 21.5 Å². The van der Waals surface area contributed by atoms with Crippen molar-refractivity contribution in [2.24, 2.45) is 5.10 Å². The van der Waals surface area contributed by atoms with Gasteiger partial charge in [-0.2, -0.15) is 31.4 Å². The van der Waals surface area contributed by atoms with E-state index in [1.807, 2.05) is 24.3 Å². The number of fused-ring (bicyclic) bond motifs is 2. The van der Waals surface area contributed by atoms with Crippen LogP contribution in [0.5, 0.6) is 5.75 Å². The number of pyridine rings is 1. The molecule has 0 saturated carbocycles. The summed E-state index contributed by atoms with van der Waals surface area (Å²) < 4.78 is 87.6. The van der Waals surface area contributed by atoms with Gasteiger partial charge in [-0.15, -0.1) is 5.10 Å². The molecule has 2 heterocycles. The Kier molecular flexibility index (Phi) is 6.85. The number of carbonyl (C=O) groups is 1. The van der Waals surface area contributed by atoms with Crippen molar-refractivity contribution in [1.29, 1.82) is 0 Å². The van der Waals surface area contributed by atoms with Gasteiger partial charge < -0.3 is 4.74 Å². The van der Waals surface area contributed by atoms with E-state index in [0.29, 0.717) is 23.4 Å². The zero-order valence-corrected chi connectivity index (χ0v) is 21.2. The van der Waals surface area contributed by atoms with Gasteiger partial charge in [0, 0.05) is 5.39 Å². The Morgan fingerprint density at radius 1 is 0.976 bits per heavy atom. The van der Waals surface area contributed by atoms with Gasteiger partial charge in [0.1, 0.15) is 11.4 Å². The topological polar surface area (TPSA) is 94.3 Å². The molecule has 0 spiro atoms. The minimum Gasteiger partial charge on any atom is -0.497 e. The Morgan fingerprint density at radius 2 is 1.71 bits per heavy atom. The van der Waals surface area contributed by atoms with E-state index < -0.39 is 35.0 Å². The number of benzene rings is 3. The summed E-state index contributed by atoms with van der Waals surface area (Å²) in [6.45, 7) is 1.34. The van der Waals surface area contributed by atoms with Gasteiger partial charge >= 0.3 is 12.4 Å². The van der Waals surface area contributed by atoms with Crippen LogP contribution in [0.4, 0.5) is 26.3 Å². The standard InChI is InChI=1S/C27H18F6N6O2/c1-14-23(25(40)37-34-13-15-6-7-17-11-18(41-2)9-8-16(17)10-15)36-38-39(14)21-12-22(27(31,32)33)35-24-19(21)4-3-5-20(24)26(28,29)30/h3-13H,1-2H3,(H,37,40)/b34-13+. The average molecular weight is 572 g/mol. The lowest BCUT2D eigenvalue weighted by molar-refractivity contribution is -0.142. The minimum atomic E-state index is -5.06. The Labute approximate surface area is 227 Å². The number of nitrogens with one attached hydrogen (secondary N) is 1. The summed E-state index contributed by atoms with van der Waals surface area (Å²) in [7, 11) is 1.56. The van der Waals surface area contributed by atoms with Gasteiger partial charge in [-0.25, -0.2) is 15.1 Å². The highest BCUT2D eigenvalue weighted by atomic mass is 19.4. The number of aromatic nitrogens is 4. The predicted molar refractivity (Wildman–Crippen MR) is 137 cm³/mol. The van der Waals surface area contributed by atoms with Crippen molar-refractivity contribution in [2.45, 2.75) is 19.3 Å². The Balaban J connectivity index is 1.46. The Hall–Kier alpha value is -5.01. The third-order valence-electron chi connectivity index (χ3n) is 6.20. The van der Waals surface area contributed by atoms with Crippen LogP contribution in [0, 0.1) is 6.92 Å². The molecule has 0 bridgehead atoms. The molecule has 0 radical (unpaired) electrons. The predicted octanol–water partition coefficient (Wildman–Crippen LogP) is 6.09. The van der Waals surface area contributed by atoms with Crippen molar-refractivity contribution in [3.63, 3.8) is 0 Å². The lowest BCUT2D eigenvalue weighted by atomic mass is 10.1. The first kappa shape index (κ1) is 27.6. The van der Waals surface area contributed by atoms with E-state index >= 15 is 0 Å². The number of rotatable bonds is 5. The van der Waals surface area contributed by atoms with Crippen LogP contribution in [0.3, 0.4) is 0 Å². The SMILES string of the molecule is COc1ccc2cc(/C=N/NC(=O)c3nnn(-c4cc(C(F)(F)F)nc5c(C(F)(F)F)cccc45)c3C)ccc2c1. The summed E-state index contributed by atoms with van der Waals surface area (Å²) in [5.41, 5.74) is -1.59. The average Bonchev–Trinajstić information content (AvgIpc) is 3.31. The molecule has 3 aromatic carbocycles. The summed E-state index contributed by atoms with van der Waals surface area (Å²) in [6, 6.07) is 14.4. The molecule has 8 nitrogen and oxygen atoms in total. The van der Waals surface area contributed by atoms with Crippen molar-refractivity contribution in [3.05, 3.63) is 88.9 Å². The number of hydrogen-bond donors (Lipinski definition) is 1. The Morgan fingerprint density at radius 3 is 2.41 bits per heavy atom. The largest absolute Gasteiger partial charge is 0.497 e. The normalized spacial score (nSPS) is 12.4. The first-order valence-electron chi connectivity index (χ1n) is 11.8. The lowest BCUT2D eigenvalue weighted by Crippen LogP contribution is -2.19. The number of hydrazone groups is 1. The molecule has 5 aromatic rings. The molecule has 41 heavy (non-hydrogen) atoms. The summed E-state index contributed by atoms with van der Waals surface area (Å²) in [5, 5.41) is 13.0. The Bertz CT molecular complexity index is 1830. The zero-order chi connectivity index (χ0) is 29.5. The first-order valence-corrected chi connectivity index (χ1v) is 11.8. The van der Waals surface area contributed by atoms with E-state index in [-0.39, 0.29) is 22.5 Å². The highest BCUT2D eigenvalue weighted by Crippen LogP contribution is 2.38. The van der Waals surface area contributed by atoms with E-state index in [9.17, 15) is 31.1 Å². The van der Waals surface area contributed by atoms with Crippen molar-refractivity contribution in [1.82, 2.24) is 25.4 Å². The number of amides is 1. The molecular weight excluding hydrogens is 554 g/mol. The third kappa shape index (κ3) is 5.40. The fourth-order valence-corrected chi connectivity index (χ4v) is 4.22. The van der Waals surface area contributed by atoms with Crippen molar-refractivity contribution >= 4 is 33.8 Å². The first-order chi connectivity index (χ1) is 19.4. The second-order valence-corrected chi connectivity index (χ2v) is 8.83. The second kappa shape index (κ2) is 10.2. The number of para-hydroxylation sites is 1. The highest BCUT2D eigenvalue weighted by Gasteiger charge is 2.38. The number of hydrogen-bond acceptors (Lipinski definition) is 6. The van der Waals surface area contributed by atoms with Gasteiger partial charge in [0.15, 0.2) is 5.69 Å². The van der Waals surface area contributed by atoms with Crippen LogP contribution in [0.2, 0.25) is 0 Å². The maximum Gasteiger partial charge on any atom is 0.433 e. The molecule has 5 rings (SSSR count). The lowest BCUT2D eigenvalue weighted by Gasteiger charge is -2.15. The molecule has 1 N–H and O–H groups in total. The number of ether oxygens (including phenoxy) is 1. The quantitative estimate of drug-likeness (QED) is 0.156. The number of methoxy groups -OCH3 is 1. The van der Waals surface area contributed by atoms with Crippen molar-refractivity contribution in [2.75, 3.05) is 7.11 Å². The number of alkyl halides is 6. The number of nitrogens with zero attached hydrogens (tertiary/aromatic N) is 5. The maximum atomic E-state index is 13.6. The van der Waals surface area contributed by atoms with Gasteiger partial charge in [-0.1, -0.05) is 35.5 Å². The van der Waals surface area contributed by atoms with Crippen molar-refractivity contribution in [3.8, 4) is 11.4 Å². The summed E-state index contributed by atoms with van der Waals surface area (Å²) in [6.07, 6.45) is -8.64. The highest BCUT2D eigenvalue weighted by molar-refractivity contribution is 5.96. The van der Waals surface area contributed by atoms with E-state index in [1.54, 1.807) is 19.2 Å². The number of carbonyl (C=O) groups excluding carboxylic acids is 1. The van der Waals surface area contributed by atoms with Gasteiger partial charge in [0.2, 0.25) is 0 Å². The number of halogens is 6. The van der Waals surface area contributed by atoms with Gasteiger partial charge in [-0.05, 0) is 53.6 Å². The molecular formula is C27H18F6N6O2. The monoisotopic (exact) mass is 572 g/mol. The summed E-state index contributed by atoms with van der Waals surface area (Å²) in [4.78, 5) is 16.0. The third-order valence-corrected chi connectivity index (χ3v) is 6.20. The summed E-state index contributed by atoms with van der Waals surface area (Å²) in [5.74, 6) is -0.134. The van der Waals surface area contributed by atoms with Crippen LogP contribution in [0.15, 0.2) is 65.8 Å². The molecule has 0 unspecified atom stereocenters. The molecule has 0 fully saturated rings. The minimum absolute atomic E-state index is 0.0320. The van der Waals surface area contributed by atoms with Crippen LogP contribution >= 0.6 is 0 Å². The fraction of sp³-hybridized carbons (Fsp3) is 0.148. The summed E-state index contributed by atoms with van der Waals surface area (Å²) >= 11 is 0. The molecule has 210 valence electrons. The van der Waals surface area contributed by atoms with Crippen LogP contribution in [0.1, 0.15) is 33.0 Å². The van der Waals surface area contributed by atoms with Crippen molar-refractivity contribution < 1.29 is 35.9 Å². The zero-order valence-electron chi connectivity index (χ0n) is 21.2. The molecule has 14 heteroatoms. The van der Waals surface area contributed by atoms with Crippen LogP contribution in [-0.2, 0) is 12.4 Å². The molecule has 0 aliphatic carbocycles. The molecule has 0 aliphatic rings. The fourth-order valence-electron chi connectivity index (χ4n) is 4.22. The molecule has 2 aromatic heterocycles. The molecule has 0 aliphatic heterocycles. The second-order valence-electron chi connectivity index (χ2n) is 8.83. The van der Waals surface area contributed by atoms with Gasteiger partial charge in [-0.3, -0.25) is 4.79 Å². The maximum absolute atomic E-state index is 13.6. The van der Waals surface area contributed by atoms with Gasteiger partial charge in [0.05, 0.1) is 35.8 Å². The van der Waals surface area contributed by atoms with Gasteiger partial charge in [0.25, 0.3) is 5.91 Å². The van der Waals surface area contributed by atoms with E-state index in [1.165, 1.54) is 19.2 Å². The van der Waals surface area contributed by atoms with Crippen LogP contribution in [0.25, 0.3) is 27.4 Å². The molecule has 0 saturated heterocycles. The van der Waals surface area contributed by atoms with E-state index in [2.05, 4.69) is 25.8 Å². The molecule has 0 atom stereocenters. The smallest absolute Gasteiger partial charge is 0.433 e. The van der Waals surface area contributed by atoms with Crippen LogP contribution in [-0.4, -0.2) is 39.2 Å². The van der Waals surface area contributed by atoms with E-state index in [4.69, 9.17) is 4.74 Å². The molecule has 1 amide bonds. The van der Waals surface area contributed by atoms with Crippen LogP contribution < -0.4 is 10.2 Å².